The van der Waals surface area contributed by atoms with Gasteiger partial charge >= 0.3 is 13.8 Å². The number of phosphoric ester groups is 1. The molecule has 20 heteroatoms. The second-order valence-electron chi connectivity index (χ2n) is 21.0. The van der Waals surface area contributed by atoms with Crippen molar-refractivity contribution in [2.45, 2.75) is 313 Å². The van der Waals surface area contributed by atoms with Crippen molar-refractivity contribution in [1.29, 1.82) is 0 Å². The summed E-state index contributed by atoms with van der Waals surface area (Å²) < 4.78 is 39.9. The molecule has 0 saturated carbocycles. The summed E-state index contributed by atoms with van der Waals surface area (Å²) in [6, 6.07) is -3.12. The zero-order valence-corrected chi connectivity index (χ0v) is 46.5. The molecule has 0 aromatic carbocycles. The molecule has 2 rings (SSSR count). The fourth-order valence-corrected chi connectivity index (χ4v) is 10.4. The van der Waals surface area contributed by atoms with E-state index in [1.165, 1.54) is 103 Å². The number of ether oxygens (including phenoxy) is 4. The summed E-state index contributed by atoms with van der Waals surface area (Å²) in [7, 11) is -5.31. The van der Waals surface area contributed by atoms with Crippen LogP contribution < -0.4 is 10.6 Å². The van der Waals surface area contributed by atoms with Crippen LogP contribution >= 0.6 is 7.82 Å². The van der Waals surface area contributed by atoms with Gasteiger partial charge in [-0.2, -0.15) is 0 Å². The minimum atomic E-state index is -5.31. The lowest BCUT2D eigenvalue weighted by molar-refractivity contribution is -0.296. The van der Waals surface area contributed by atoms with E-state index in [0.717, 1.165) is 70.6 Å². The molecular weight excluding hydrogens is 980 g/mol. The Bertz CT molecular complexity index is 1500. The number of esters is 1. The van der Waals surface area contributed by atoms with Crippen LogP contribution in [0.15, 0.2) is 0 Å². The molecule has 10 N–H and O–H groups in total. The van der Waals surface area contributed by atoms with E-state index in [0.29, 0.717) is 25.7 Å². The number of hydrogen-bond acceptors (Lipinski definition) is 15. The van der Waals surface area contributed by atoms with Gasteiger partial charge in [0.15, 0.2) is 12.6 Å². The quantitative estimate of drug-likeness (QED) is 0.0160. The molecule has 0 bridgehead atoms. The number of carbonyl (C=O) groups is 3. The Morgan fingerprint density at radius 2 is 1.00 bits per heavy atom. The Balaban J connectivity index is 2.07. The van der Waals surface area contributed by atoms with Gasteiger partial charge in [0.05, 0.1) is 32.2 Å². The lowest BCUT2D eigenvalue weighted by Crippen LogP contribution is -2.67. The SMILES string of the molecule is CCCCCCCCCCCCCC(=O)O[C@H](CCCCCCCCCCC)CC(=O)N[C@H]1[C@H](OC[C@H]2O[C@H](O)[C@H](NC(=O)C[C@H](O)CCCCCCCCCCC)[C@@H](O)[C@@H]2O)O[C@H](CO)[C@@H](OP(=O)(O)O)[C@@H]1O. The van der Waals surface area contributed by atoms with E-state index in [2.05, 4.69) is 31.4 Å². The van der Waals surface area contributed by atoms with Crippen molar-refractivity contribution in [3.05, 3.63) is 0 Å². The zero-order valence-electron chi connectivity index (χ0n) is 45.6. The van der Waals surface area contributed by atoms with E-state index >= 15 is 0 Å². The first-order valence-electron chi connectivity index (χ1n) is 29.0. The molecule has 12 atom stereocenters. The summed E-state index contributed by atoms with van der Waals surface area (Å²) in [6.07, 6.45) is 16.2. The van der Waals surface area contributed by atoms with Crippen LogP contribution in [0.1, 0.15) is 239 Å². The Morgan fingerprint density at radius 1 is 0.554 bits per heavy atom. The van der Waals surface area contributed by atoms with Gasteiger partial charge in [0, 0.05) is 6.42 Å². The van der Waals surface area contributed by atoms with Gasteiger partial charge in [0.1, 0.15) is 54.8 Å². The van der Waals surface area contributed by atoms with Crippen LogP contribution in [-0.4, -0.2) is 145 Å². The molecule has 2 aliphatic heterocycles. The number of phosphoric acid groups is 1. The van der Waals surface area contributed by atoms with Crippen molar-refractivity contribution in [3.8, 4) is 0 Å². The maximum Gasteiger partial charge on any atom is 0.470 e. The Morgan fingerprint density at radius 3 is 1.49 bits per heavy atom. The van der Waals surface area contributed by atoms with Crippen LogP contribution in [0.4, 0.5) is 0 Å². The minimum absolute atomic E-state index is 0.191. The van der Waals surface area contributed by atoms with Gasteiger partial charge in [0.25, 0.3) is 0 Å². The van der Waals surface area contributed by atoms with E-state index in [4.69, 9.17) is 23.5 Å². The van der Waals surface area contributed by atoms with E-state index in [1.807, 2.05) is 0 Å². The van der Waals surface area contributed by atoms with Gasteiger partial charge in [-0.1, -0.05) is 194 Å². The number of nitrogens with one attached hydrogen (secondary N) is 2. The molecule has 0 radical (unpaired) electrons. The summed E-state index contributed by atoms with van der Waals surface area (Å²) in [5, 5.41) is 70.2. The standard InChI is InChI=1S/C54H103N2O17P/c1-4-7-10-13-16-19-20-23-26-29-32-35-46(61)70-41(34-31-28-25-22-18-15-12-9-6-3)37-45(60)56-48-51(64)52(73-74(66,67)68)42(38-57)72-54(48)69-39-43-49(62)50(63)47(53(65)71-43)55-44(59)36-40(58)33-30-27-24-21-17-14-11-8-5-2/h40-43,47-54,57-58,62-65H,4-39H2,1-3H3,(H,55,59)(H,56,60)(H2,66,67,68)/t40-,41-,42-,43-,47-,48-,49-,50-,51-,52-,53+,54-/m1/s1. The highest BCUT2D eigenvalue weighted by atomic mass is 31.2. The lowest BCUT2D eigenvalue weighted by atomic mass is 9.95. The summed E-state index contributed by atoms with van der Waals surface area (Å²) in [5.74, 6) is -1.84. The monoisotopic (exact) mass is 1080 g/mol. The normalized spacial score (nSPS) is 25.1. The minimum Gasteiger partial charge on any atom is -0.462 e. The number of carbonyl (C=O) groups excluding carboxylic acids is 3. The molecule has 0 unspecified atom stereocenters. The molecule has 0 aliphatic carbocycles. The van der Waals surface area contributed by atoms with E-state index in [-0.39, 0.29) is 19.3 Å². The number of aliphatic hydroxyl groups excluding tert-OH is 6. The van der Waals surface area contributed by atoms with Crippen LogP contribution in [-0.2, 0) is 42.4 Å². The van der Waals surface area contributed by atoms with Crippen molar-refractivity contribution in [2.24, 2.45) is 0 Å². The van der Waals surface area contributed by atoms with Crippen molar-refractivity contribution in [3.63, 3.8) is 0 Å². The fraction of sp³-hybridized carbons (Fsp3) is 0.944. The number of amides is 2. The number of unbranched alkanes of at least 4 members (excludes halogenated alkanes) is 26. The first kappa shape index (κ1) is 68.3. The third-order valence-electron chi connectivity index (χ3n) is 14.3. The number of hydrogen-bond donors (Lipinski definition) is 10. The van der Waals surface area contributed by atoms with Crippen molar-refractivity contribution < 1.29 is 82.8 Å². The van der Waals surface area contributed by atoms with E-state index in [1.54, 1.807) is 0 Å². The first-order valence-corrected chi connectivity index (χ1v) is 30.5. The van der Waals surface area contributed by atoms with Crippen molar-refractivity contribution >= 4 is 25.6 Å². The molecule has 0 aromatic heterocycles. The third kappa shape index (κ3) is 30.3. The average Bonchev–Trinajstić information content (AvgIpc) is 3.35. The highest BCUT2D eigenvalue weighted by molar-refractivity contribution is 7.46. The van der Waals surface area contributed by atoms with Crippen molar-refractivity contribution in [1.82, 2.24) is 10.6 Å². The number of rotatable bonds is 45. The predicted molar refractivity (Wildman–Crippen MR) is 281 cm³/mol. The van der Waals surface area contributed by atoms with E-state index < -0.39 is 112 Å². The lowest BCUT2D eigenvalue weighted by Gasteiger charge is -2.45. The van der Waals surface area contributed by atoms with Crippen LogP contribution in [0.25, 0.3) is 0 Å². The van der Waals surface area contributed by atoms with Gasteiger partial charge < -0.3 is 70.0 Å². The molecule has 74 heavy (non-hydrogen) atoms. The molecule has 2 amide bonds. The van der Waals surface area contributed by atoms with E-state index in [9.17, 15) is 59.4 Å². The van der Waals surface area contributed by atoms with Gasteiger partial charge in [0.2, 0.25) is 11.8 Å². The second-order valence-corrected chi connectivity index (χ2v) is 22.2. The van der Waals surface area contributed by atoms with Gasteiger partial charge in [-0.05, 0) is 25.7 Å². The summed E-state index contributed by atoms with van der Waals surface area (Å²) in [5.41, 5.74) is 0. The van der Waals surface area contributed by atoms with Crippen LogP contribution in [0, 0.1) is 0 Å². The molecular formula is C54H103N2O17P. The Kier molecular flexibility index (Phi) is 38.0. The molecule has 0 spiro atoms. The molecule has 2 fully saturated rings. The average molecular weight is 1080 g/mol. The predicted octanol–water partition coefficient (Wildman–Crippen LogP) is 7.56. The summed E-state index contributed by atoms with van der Waals surface area (Å²) >= 11 is 0. The molecule has 19 nitrogen and oxygen atoms in total. The Hall–Kier alpha value is -1.84. The van der Waals surface area contributed by atoms with Gasteiger partial charge in [-0.3, -0.25) is 18.9 Å². The first-order chi connectivity index (χ1) is 35.5. The molecule has 436 valence electrons. The van der Waals surface area contributed by atoms with Gasteiger partial charge in [-0.15, -0.1) is 0 Å². The topological polar surface area (TPSA) is 300 Å². The molecule has 2 heterocycles. The van der Waals surface area contributed by atoms with Crippen LogP contribution in [0.3, 0.4) is 0 Å². The maximum atomic E-state index is 13.9. The third-order valence-corrected chi connectivity index (χ3v) is 14.8. The molecule has 2 aliphatic rings. The Labute approximate surface area is 443 Å². The largest absolute Gasteiger partial charge is 0.470 e. The smallest absolute Gasteiger partial charge is 0.462 e. The van der Waals surface area contributed by atoms with Crippen LogP contribution in [0.2, 0.25) is 0 Å². The van der Waals surface area contributed by atoms with Crippen LogP contribution in [0.5, 0.6) is 0 Å². The molecule has 2 saturated heterocycles. The highest BCUT2D eigenvalue weighted by Crippen LogP contribution is 2.41. The zero-order chi connectivity index (χ0) is 54.6. The molecule has 0 aromatic rings. The maximum absolute atomic E-state index is 13.9. The summed E-state index contributed by atoms with van der Waals surface area (Å²) in [6.45, 7) is 4.97. The fourth-order valence-electron chi connectivity index (χ4n) is 9.85. The number of aliphatic hydroxyl groups is 6. The van der Waals surface area contributed by atoms with Gasteiger partial charge in [-0.25, -0.2) is 4.57 Å². The summed E-state index contributed by atoms with van der Waals surface area (Å²) in [4.78, 5) is 59.2. The van der Waals surface area contributed by atoms with Crippen molar-refractivity contribution in [2.75, 3.05) is 13.2 Å². The second kappa shape index (κ2) is 41.2. The highest BCUT2D eigenvalue weighted by Gasteiger charge is 2.51.